The van der Waals surface area contributed by atoms with Crippen molar-refractivity contribution < 1.29 is 29.1 Å². The van der Waals surface area contributed by atoms with Crippen molar-refractivity contribution in [2.24, 2.45) is 5.16 Å². The maximum atomic E-state index is 13.1. The number of oxime groups is 1. The van der Waals surface area contributed by atoms with E-state index in [1.807, 2.05) is 0 Å². The second-order valence-corrected chi connectivity index (χ2v) is 10.4. The first-order chi connectivity index (χ1) is 18.9. The van der Waals surface area contributed by atoms with E-state index in [1.54, 1.807) is 0 Å². The Morgan fingerprint density at radius 2 is 2.21 bits per heavy atom. The van der Waals surface area contributed by atoms with Gasteiger partial charge in [0.15, 0.2) is 17.5 Å². The Balaban J connectivity index is 1.49. The number of fused-ring (bicyclic) bond motifs is 1. The maximum absolute atomic E-state index is 13.1. The second kappa shape index (κ2) is 12.4. The van der Waals surface area contributed by atoms with Crippen LogP contribution in [0.1, 0.15) is 5.69 Å². The van der Waals surface area contributed by atoms with E-state index in [4.69, 9.17) is 17.7 Å². The Hall–Kier alpha value is -4.39. The standard InChI is InChI=1S/C21H17N9O6S3/c1-3-5-29-21(25-27-28-29)39-8-11-7-37-18-14(17(33)30(18)15(11)19(34)35)24-16(32)13(26-36-6-4-2)12-9-38-20(23-12)22-10-31/h1-2,9-10,14,18H,5-8H2,(H,24,32)(H,34,35)(H,22,23,31)/b26-13+/t14?,18-/m1/s1. The summed E-state index contributed by atoms with van der Waals surface area (Å²) in [5.41, 5.74) is 0.137. The number of aromatic nitrogens is 5. The van der Waals surface area contributed by atoms with Crippen molar-refractivity contribution in [3.05, 3.63) is 22.3 Å². The molecule has 4 heterocycles. The zero-order valence-corrected chi connectivity index (χ0v) is 22.1. The molecule has 18 heteroatoms. The molecule has 2 aromatic heterocycles. The number of nitrogens with zero attached hydrogens (tertiary/aromatic N) is 7. The molecule has 2 aliphatic rings. The van der Waals surface area contributed by atoms with Gasteiger partial charge < -0.3 is 20.6 Å². The van der Waals surface area contributed by atoms with E-state index in [9.17, 15) is 24.3 Å². The van der Waals surface area contributed by atoms with Crippen LogP contribution >= 0.6 is 34.9 Å². The van der Waals surface area contributed by atoms with Crippen molar-refractivity contribution in [1.82, 2.24) is 35.4 Å². The van der Waals surface area contributed by atoms with Crippen molar-refractivity contribution in [3.8, 4) is 24.7 Å². The molecule has 2 aromatic rings. The number of carboxylic acids is 1. The lowest BCUT2D eigenvalue weighted by molar-refractivity contribution is -0.150. The van der Waals surface area contributed by atoms with Gasteiger partial charge in [0.1, 0.15) is 29.4 Å². The summed E-state index contributed by atoms with van der Waals surface area (Å²) >= 11 is 3.52. The lowest BCUT2D eigenvalue weighted by atomic mass is 10.0. The van der Waals surface area contributed by atoms with Crippen LogP contribution in [0, 0.1) is 24.7 Å². The van der Waals surface area contributed by atoms with E-state index in [-0.39, 0.29) is 46.9 Å². The number of hydrogen-bond acceptors (Lipinski definition) is 13. The monoisotopic (exact) mass is 587 g/mol. The molecular formula is C21H17N9O6S3. The number of nitrogens with one attached hydrogen (secondary N) is 2. The van der Waals surface area contributed by atoms with Gasteiger partial charge in [-0.1, -0.05) is 28.8 Å². The largest absolute Gasteiger partial charge is 0.477 e. The highest BCUT2D eigenvalue weighted by molar-refractivity contribution is 8.01. The number of rotatable bonds is 12. The van der Waals surface area contributed by atoms with Crippen LogP contribution in [0.5, 0.6) is 0 Å². The number of carboxylic acid groups (broad SMARTS) is 1. The van der Waals surface area contributed by atoms with Gasteiger partial charge in [0.25, 0.3) is 11.8 Å². The number of hydrogen-bond donors (Lipinski definition) is 3. The number of anilines is 1. The highest BCUT2D eigenvalue weighted by atomic mass is 32.2. The zero-order chi connectivity index (χ0) is 27.9. The van der Waals surface area contributed by atoms with Crippen LogP contribution in [-0.4, -0.2) is 94.6 Å². The highest BCUT2D eigenvalue weighted by Crippen LogP contribution is 2.41. The average molecular weight is 588 g/mol. The molecule has 0 bridgehead atoms. The minimum absolute atomic E-state index is 0.0800. The number of thiazole rings is 1. The number of thioether (sulfide) groups is 2. The van der Waals surface area contributed by atoms with Gasteiger partial charge in [-0.2, -0.15) is 0 Å². The summed E-state index contributed by atoms with van der Waals surface area (Å²) in [6, 6.07) is -1.03. The van der Waals surface area contributed by atoms with Gasteiger partial charge in [-0.15, -0.1) is 41.0 Å². The number of carbonyl (C=O) groups is 4. The molecule has 4 rings (SSSR count). The molecule has 15 nitrogen and oxygen atoms in total. The topological polar surface area (TPSA) is 194 Å². The van der Waals surface area contributed by atoms with Crippen LogP contribution in [0.2, 0.25) is 0 Å². The molecule has 3 N–H and O–H groups in total. The van der Waals surface area contributed by atoms with E-state index >= 15 is 0 Å². The van der Waals surface area contributed by atoms with Gasteiger partial charge in [-0.25, -0.2) is 14.5 Å². The van der Waals surface area contributed by atoms with Gasteiger partial charge in [-0.3, -0.25) is 19.3 Å². The first-order valence-corrected chi connectivity index (χ1v) is 13.6. The number of carbonyl (C=O) groups excluding carboxylic acids is 3. The van der Waals surface area contributed by atoms with Crippen LogP contribution in [0.15, 0.2) is 27.0 Å². The molecule has 0 saturated carbocycles. The number of β-lactam (4-membered cyclic amide) rings is 1. The molecule has 1 unspecified atom stereocenters. The fourth-order valence-electron chi connectivity index (χ4n) is 3.48. The summed E-state index contributed by atoms with van der Waals surface area (Å²) in [5.74, 6) is 2.44. The van der Waals surface area contributed by atoms with Gasteiger partial charge >= 0.3 is 5.97 Å². The molecule has 200 valence electrons. The molecule has 0 radical (unpaired) electrons. The van der Waals surface area contributed by atoms with Crippen LogP contribution in [-0.2, 0) is 30.6 Å². The van der Waals surface area contributed by atoms with Gasteiger partial charge in [0.05, 0.1) is 0 Å². The highest BCUT2D eigenvalue weighted by Gasteiger charge is 2.54. The maximum Gasteiger partial charge on any atom is 0.352 e. The number of aliphatic carboxylic acids is 1. The summed E-state index contributed by atoms with van der Waals surface area (Å²) in [5, 5.41) is 31.2. The Bertz CT molecular complexity index is 1450. The zero-order valence-electron chi connectivity index (χ0n) is 19.6. The lowest BCUT2D eigenvalue weighted by Crippen LogP contribution is -2.71. The first-order valence-electron chi connectivity index (χ1n) is 10.7. The fraction of sp³-hybridized carbons (Fsp3) is 0.286. The van der Waals surface area contributed by atoms with Crippen LogP contribution in [0.4, 0.5) is 5.13 Å². The van der Waals surface area contributed by atoms with E-state index in [0.717, 1.165) is 16.2 Å². The third-order valence-corrected chi connectivity index (χ3v) is 8.26. The van der Waals surface area contributed by atoms with Crippen molar-refractivity contribution >= 4 is 69.9 Å². The first kappa shape index (κ1) is 27.6. The fourth-order valence-corrected chi connectivity index (χ4v) is 6.50. The van der Waals surface area contributed by atoms with E-state index in [1.165, 1.54) is 33.6 Å². The molecular weight excluding hydrogens is 570 g/mol. The minimum atomic E-state index is -1.28. The Kier molecular flexibility index (Phi) is 8.81. The van der Waals surface area contributed by atoms with Crippen molar-refractivity contribution in [2.45, 2.75) is 23.1 Å². The molecule has 3 amide bonds. The van der Waals surface area contributed by atoms with Crippen molar-refractivity contribution in [2.75, 3.05) is 23.4 Å². The minimum Gasteiger partial charge on any atom is -0.477 e. The Morgan fingerprint density at radius 1 is 1.38 bits per heavy atom. The van der Waals surface area contributed by atoms with E-state index < -0.39 is 29.2 Å². The van der Waals surface area contributed by atoms with E-state index in [0.29, 0.717) is 17.1 Å². The number of tetrazole rings is 1. The molecule has 2 aliphatic heterocycles. The van der Waals surface area contributed by atoms with Crippen LogP contribution < -0.4 is 10.6 Å². The predicted molar refractivity (Wildman–Crippen MR) is 140 cm³/mol. The summed E-state index contributed by atoms with van der Waals surface area (Å²) in [7, 11) is 0. The average Bonchev–Trinajstić information content (AvgIpc) is 3.57. The summed E-state index contributed by atoms with van der Waals surface area (Å²) < 4.78 is 1.40. The molecule has 39 heavy (non-hydrogen) atoms. The predicted octanol–water partition coefficient (Wildman–Crippen LogP) is -0.784. The SMILES string of the molecule is C#CCO/N=C(/C(=O)NC1C(=O)N2C(C(=O)O)=C(CSc3nnnn3CC#C)CS[C@H]12)c1csc(NC=O)n1. The summed E-state index contributed by atoms with van der Waals surface area (Å²) in [6.07, 6.45) is 10.9. The molecule has 1 fully saturated rings. The third kappa shape index (κ3) is 5.87. The second-order valence-electron chi connectivity index (χ2n) is 7.45. The summed E-state index contributed by atoms with van der Waals surface area (Å²) in [4.78, 5) is 59.1. The lowest BCUT2D eigenvalue weighted by Gasteiger charge is -2.49. The van der Waals surface area contributed by atoms with Gasteiger partial charge in [-0.05, 0) is 16.0 Å². The Labute approximate surface area is 232 Å². The number of amides is 3. The smallest absolute Gasteiger partial charge is 0.352 e. The van der Waals surface area contributed by atoms with Crippen LogP contribution in [0.3, 0.4) is 0 Å². The summed E-state index contributed by atoms with van der Waals surface area (Å²) in [6.45, 7) is -0.0739. The van der Waals surface area contributed by atoms with Crippen LogP contribution in [0.25, 0.3) is 0 Å². The van der Waals surface area contributed by atoms with Crippen molar-refractivity contribution in [3.63, 3.8) is 0 Å². The third-order valence-electron chi connectivity index (χ3n) is 5.10. The normalized spacial score (nSPS) is 18.4. The molecule has 0 spiro atoms. The van der Waals surface area contributed by atoms with Gasteiger partial charge in [0.2, 0.25) is 11.6 Å². The molecule has 0 aromatic carbocycles. The Morgan fingerprint density at radius 3 is 2.92 bits per heavy atom. The molecule has 1 saturated heterocycles. The number of terminal acetylenes is 2. The van der Waals surface area contributed by atoms with Gasteiger partial charge in [0, 0.05) is 16.9 Å². The molecule has 0 aliphatic carbocycles. The molecule has 2 atom stereocenters. The quantitative estimate of drug-likeness (QED) is 0.0534. The van der Waals surface area contributed by atoms with Crippen molar-refractivity contribution in [1.29, 1.82) is 0 Å². The van der Waals surface area contributed by atoms with E-state index in [2.05, 4.69) is 48.1 Å².